The van der Waals surface area contributed by atoms with Crippen LogP contribution in [0.4, 0.5) is 0 Å². The van der Waals surface area contributed by atoms with Crippen LogP contribution in [0, 0.1) is 6.92 Å². The third-order valence-corrected chi connectivity index (χ3v) is 6.22. The van der Waals surface area contributed by atoms with Crippen molar-refractivity contribution >= 4 is 16.0 Å². The normalized spacial score (nSPS) is 16.6. The van der Waals surface area contributed by atoms with Crippen LogP contribution in [-0.4, -0.2) is 57.2 Å². The zero-order valence-corrected chi connectivity index (χ0v) is 16.5. The van der Waals surface area contributed by atoms with Gasteiger partial charge in [-0.15, -0.1) is 0 Å². The molecule has 1 aliphatic heterocycles. The molecule has 0 bridgehead atoms. The largest absolute Gasteiger partial charge is 0.478 e. The summed E-state index contributed by atoms with van der Waals surface area (Å²) >= 11 is 0. The van der Waals surface area contributed by atoms with Gasteiger partial charge < -0.3 is 9.84 Å². The quantitative estimate of drug-likeness (QED) is 0.733. The van der Waals surface area contributed by atoms with Crippen molar-refractivity contribution in [1.82, 2.24) is 9.62 Å². The fourth-order valence-electron chi connectivity index (χ4n) is 3.08. The first-order valence-corrected chi connectivity index (χ1v) is 10.6. The van der Waals surface area contributed by atoms with Gasteiger partial charge in [-0.05, 0) is 36.8 Å². The van der Waals surface area contributed by atoms with E-state index in [1.807, 2.05) is 31.2 Å². The summed E-state index contributed by atoms with van der Waals surface area (Å²) in [5, 5.41) is 9.00. The SMILES string of the molecule is Cc1ccc([C@@H](CN2CCOCC2)NS(=O)(=O)c2ccc(C(=O)O)cc2)cc1. The summed E-state index contributed by atoms with van der Waals surface area (Å²) in [5.41, 5.74) is 2.02. The van der Waals surface area contributed by atoms with E-state index in [9.17, 15) is 13.2 Å². The maximum Gasteiger partial charge on any atom is 0.335 e. The lowest BCUT2D eigenvalue weighted by atomic mass is 10.1. The van der Waals surface area contributed by atoms with E-state index in [2.05, 4.69) is 9.62 Å². The average molecular weight is 404 g/mol. The molecule has 1 atom stereocenters. The number of aromatic carboxylic acids is 1. The van der Waals surface area contributed by atoms with Gasteiger partial charge in [0, 0.05) is 19.6 Å². The number of ether oxygens (including phenoxy) is 1. The molecule has 2 aromatic carbocycles. The number of carboxylic acids is 1. The van der Waals surface area contributed by atoms with Crippen molar-refractivity contribution in [1.29, 1.82) is 0 Å². The lowest BCUT2D eigenvalue weighted by molar-refractivity contribution is 0.0345. The van der Waals surface area contributed by atoms with Crippen LogP contribution in [0.2, 0.25) is 0 Å². The maximum absolute atomic E-state index is 12.9. The second kappa shape index (κ2) is 8.83. The average Bonchev–Trinajstić information content (AvgIpc) is 2.69. The molecule has 0 spiro atoms. The highest BCUT2D eigenvalue weighted by Crippen LogP contribution is 2.20. The lowest BCUT2D eigenvalue weighted by Crippen LogP contribution is -2.43. The van der Waals surface area contributed by atoms with Gasteiger partial charge in [0.2, 0.25) is 10.0 Å². The standard InChI is InChI=1S/C20H24N2O5S/c1-15-2-4-16(5-3-15)19(14-22-10-12-27-13-11-22)21-28(25,26)18-8-6-17(7-9-18)20(23)24/h2-9,19,21H,10-14H2,1H3,(H,23,24)/t19-/m1/s1. The Morgan fingerprint density at radius 2 is 1.71 bits per heavy atom. The van der Waals surface area contributed by atoms with E-state index in [0.717, 1.165) is 24.2 Å². The van der Waals surface area contributed by atoms with Crippen LogP contribution < -0.4 is 4.72 Å². The number of morpholine rings is 1. The fourth-order valence-corrected chi connectivity index (χ4v) is 4.30. The minimum absolute atomic E-state index is 0.0385. The number of carboxylic acid groups (broad SMARTS) is 1. The highest BCUT2D eigenvalue weighted by molar-refractivity contribution is 7.89. The molecule has 1 fully saturated rings. The van der Waals surface area contributed by atoms with E-state index in [-0.39, 0.29) is 10.5 Å². The molecule has 0 saturated carbocycles. The molecule has 150 valence electrons. The van der Waals surface area contributed by atoms with Crippen LogP contribution in [0.5, 0.6) is 0 Å². The molecule has 8 heteroatoms. The van der Waals surface area contributed by atoms with E-state index in [4.69, 9.17) is 9.84 Å². The smallest absolute Gasteiger partial charge is 0.335 e. The number of carbonyl (C=O) groups is 1. The lowest BCUT2D eigenvalue weighted by Gasteiger charge is -2.31. The van der Waals surface area contributed by atoms with Gasteiger partial charge in [-0.1, -0.05) is 29.8 Å². The van der Waals surface area contributed by atoms with E-state index in [1.54, 1.807) is 0 Å². The van der Waals surface area contributed by atoms with Crippen molar-refractivity contribution < 1.29 is 23.1 Å². The Morgan fingerprint density at radius 1 is 1.11 bits per heavy atom. The van der Waals surface area contributed by atoms with Crippen LogP contribution in [0.3, 0.4) is 0 Å². The summed E-state index contributed by atoms with van der Waals surface area (Å²) in [6.45, 7) is 5.26. The molecular formula is C20H24N2O5S. The second-order valence-electron chi connectivity index (χ2n) is 6.83. The van der Waals surface area contributed by atoms with Gasteiger partial charge >= 0.3 is 5.97 Å². The molecule has 1 heterocycles. The number of benzene rings is 2. The fraction of sp³-hybridized carbons (Fsp3) is 0.350. The topological polar surface area (TPSA) is 95.9 Å². The van der Waals surface area contributed by atoms with Gasteiger partial charge in [0.15, 0.2) is 0 Å². The van der Waals surface area contributed by atoms with Gasteiger partial charge in [0.1, 0.15) is 0 Å². The molecule has 0 unspecified atom stereocenters. The number of nitrogens with one attached hydrogen (secondary N) is 1. The highest BCUT2D eigenvalue weighted by atomic mass is 32.2. The molecular weight excluding hydrogens is 380 g/mol. The van der Waals surface area contributed by atoms with E-state index >= 15 is 0 Å². The van der Waals surface area contributed by atoms with Crippen LogP contribution in [0.25, 0.3) is 0 Å². The Labute approximate surface area is 165 Å². The van der Waals surface area contributed by atoms with Crippen molar-refractivity contribution in [3.05, 3.63) is 65.2 Å². The van der Waals surface area contributed by atoms with Gasteiger partial charge in [0.05, 0.1) is 29.7 Å². The van der Waals surface area contributed by atoms with Gasteiger partial charge in [-0.3, -0.25) is 4.90 Å². The highest BCUT2D eigenvalue weighted by Gasteiger charge is 2.24. The molecule has 0 amide bonds. The third kappa shape index (κ3) is 5.17. The van der Waals surface area contributed by atoms with E-state index < -0.39 is 22.0 Å². The molecule has 28 heavy (non-hydrogen) atoms. The number of rotatable bonds is 7. The van der Waals surface area contributed by atoms with Crippen molar-refractivity contribution in [3.63, 3.8) is 0 Å². The number of sulfonamides is 1. The second-order valence-corrected chi connectivity index (χ2v) is 8.54. The first-order chi connectivity index (χ1) is 13.3. The number of hydrogen-bond acceptors (Lipinski definition) is 5. The molecule has 0 aromatic heterocycles. The van der Waals surface area contributed by atoms with Crippen molar-refractivity contribution in [2.45, 2.75) is 17.9 Å². The molecule has 1 aliphatic rings. The molecule has 7 nitrogen and oxygen atoms in total. The Kier molecular flexibility index (Phi) is 6.46. The summed E-state index contributed by atoms with van der Waals surface area (Å²) < 4.78 is 34.0. The summed E-state index contributed by atoms with van der Waals surface area (Å²) in [4.78, 5) is 13.2. The predicted octanol–water partition coefficient (Wildman–Crippen LogP) is 2.05. The Balaban J connectivity index is 1.84. The van der Waals surface area contributed by atoms with Crippen molar-refractivity contribution in [2.75, 3.05) is 32.8 Å². The van der Waals surface area contributed by atoms with Crippen LogP contribution in [0.1, 0.15) is 27.5 Å². The zero-order valence-electron chi connectivity index (χ0n) is 15.7. The Hall–Kier alpha value is -2.26. The molecule has 3 rings (SSSR count). The summed E-state index contributed by atoms with van der Waals surface area (Å²) in [5.74, 6) is -1.10. The Bertz CT molecular complexity index is 905. The minimum atomic E-state index is -3.81. The van der Waals surface area contributed by atoms with Gasteiger partial charge in [-0.25, -0.2) is 17.9 Å². The first-order valence-electron chi connectivity index (χ1n) is 9.07. The van der Waals surface area contributed by atoms with Gasteiger partial charge in [0.25, 0.3) is 0 Å². The minimum Gasteiger partial charge on any atom is -0.478 e. The Morgan fingerprint density at radius 3 is 2.29 bits per heavy atom. The first kappa shape index (κ1) is 20.5. The maximum atomic E-state index is 12.9. The van der Waals surface area contributed by atoms with Gasteiger partial charge in [-0.2, -0.15) is 0 Å². The molecule has 2 N–H and O–H groups in total. The third-order valence-electron chi connectivity index (χ3n) is 4.73. The van der Waals surface area contributed by atoms with Crippen LogP contribution >= 0.6 is 0 Å². The molecule has 1 saturated heterocycles. The van der Waals surface area contributed by atoms with Crippen LogP contribution in [-0.2, 0) is 14.8 Å². The van der Waals surface area contributed by atoms with Crippen molar-refractivity contribution in [2.24, 2.45) is 0 Å². The monoisotopic (exact) mass is 404 g/mol. The summed E-state index contributed by atoms with van der Waals surface area (Å²) in [7, 11) is -3.81. The number of nitrogens with zero attached hydrogens (tertiary/aromatic N) is 1. The number of hydrogen-bond donors (Lipinski definition) is 2. The molecule has 2 aromatic rings. The summed E-state index contributed by atoms with van der Waals surface area (Å²) in [6.07, 6.45) is 0. The number of aryl methyl sites for hydroxylation is 1. The van der Waals surface area contributed by atoms with E-state index in [1.165, 1.54) is 24.3 Å². The van der Waals surface area contributed by atoms with Crippen LogP contribution in [0.15, 0.2) is 53.4 Å². The predicted molar refractivity (Wildman–Crippen MR) is 105 cm³/mol. The molecule has 0 radical (unpaired) electrons. The zero-order chi connectivity index (χ0) is 20.1. The van der Waals surface area contributed by atoms with Crippen molar-refractivity contribution in [3.8, 4) is 0 Å². The molecule has 0 aliphatic carbocycles. The summed E-state index contributed by atoms with van der Waals surface area (Å²) in [6, 6.07) is 12.5. The van der Waals surface area contributed by atoms with E-state index in [0.29, 0.717) is 19.8 Å².